The average Bonchev–Trinajstić information content (AvgIpc) is 3.05. The van der Waals surface area contributed by atoms with Crippen LogP contribution in [0.15, 0.2) is 24.8 Å². The molecule has 3 N–H and O–H groups in total. The largest absolute Gasteiger partial charge is 0.465 e. The van der Waals surface area contributed by atoms with Crippen molar-refractivity contribution in [2.24, 2.45) is 0 Å². The Kier molecular flexibility index (Phi) is 4.86. The van der Waals surface area contributed by atoms with Crippen LogP contribution in [0, 0.1) is 6.92 Å². The third-order valence-corrected chi connectivity index (χ3v) is 4.96. The van der Waals surface area contributed by atoms with Crippen LogP contribution in [-0.4, -0.2) is 59.6 Å². The summed E-state index contributed by atoms with van der Waals surface area (Å²) >= 11 is 6.23. The molecule has 0 bridgehead atoms. The van der Waals surface area contributed by atoms with Gasteiger partial charge in [-0.3, -0.25) is 4.40 Å². The summed E-state index contributed by atoms with van der Waals surface area (Å²) in [6.45, 7) is 2.92. The van der Waals surface area contributed by atoms with Gasteiger partial charge < -0.3 is 20.6 Å². The van der Waals surface area contributed by atoms with Gasteiger partial charge in [-0.25, -0.2) is 19.7 Å². The van der Waals surface area contributed by atoms with Gasteiger partial charge in [0.1, 0.15) is 22.8 Å². The van der Waals surface area contributed by atoms with E-state index < -0.39 is 6.09 Å². The van der Waals surface area contributed by atoms with Crippen LogP contribution >= 0.6 is 11.6 Å². The molecule has 146 valence electrons. The summed E-state index contributed by atoms with van der Waals surface area (Å²) in [6.07, 6.45) is 5.47. The minimum atomic E-state index is -0.887. The molecule has 3 aromatic rings. The standard InChI is InChI=1S/C17H19ClN8O2/c1-10-7-19-14-6-13(21-9-26(10)14)23-16-20-8-12(18)15(24-16)22-11-2-4-25(5-3-11)17(27)28/h6-9,11H,2-5H2,1H3,(H,27,28)(H2,20,22,23,24). The van der Waals surface area contributed by atoms with Crippen molar-refractivity contribution < 1.29 is 9.90 Å². The molecule has 0 spiro atoms. The SMILES string of the molecule is Cc1cnc2cc(Nc3ncc(Cl)c(NC4CCN(C(=O)O)CC4)n3)ncn12. The maximum absolute atomic E-state index is 11.0. The molecule has 0 radical (unpaired) electrons. The first-order valence-electron chi connectivity index (χ1n) is 8.83. The van der Waals surface area contributed by atoms with Gasteiger partial charge in [0.2, 0.25) is 5.95 Å². The number of nitrogens with one attached hydrogen (secondary N) is 2. The Morgan fingerprint density at radius 2 is 2.04 bits per heavy atom. The Balaban J connectivity index is 1.46. The zero-order valence-corrected chi connectivity index (χ0v) is 15.9. The van der Waals surface area contributed by atoms with Crippen molar-refractivity contribution in [2.75, 3.05) is 23.7 Å². The smallest absolute Gasteiger partial charge is 0.407 e. The van der Waals surface area contributed by atoms with Crippen LogP contribution in [0.3, 0.4) is 0 Å². The van der Waals surface area contributed by atoms with Crippen LogP contribution in [-0.2, 0) is 0 Å². The summed E-state index contributed by atoms with van der Waals surface area (Å²) in [7, 11) is 0. The Labute approximate surface area is 165 Å². The monoisotopic (exact) mass is 402 g/mol. The van der Waals surface area contributed by atoms with E-state index in [0.29, 0.717) is 48.5 Å². The second-order valence-electron chi connectivity index (χ2n) is 6.61. The maximum Gasteiger partial charge on any atom is 0.407 e. The second-order valence-corrected chi connectivity index (χ2v) is 7.01. The zero-order chi connectivity index (χ0) is 19.7. The molecule has 28 heavy (non-hydrogen) atoms. The first kappa shape index (κ1) is 18.2. The van der Waals surface area contributed by atoms with Crippen molar-refractivity contribution in [1.82, 2.24) is 29.2 Å². The van der Waals surface area contributed by atoms with Crippen LogP contribution in [0.2, 0.25) is 5.02 Å². The number of hydrogen-bond acceptors (Lipinski definition) is 7. The number of carbonyl (C=O) groups is 1. The third kappa shape index (κ3) is 3.77. The van der Waals surface area contributed by atoms with Gasteiger partial charge in [0.25, 0.3) is 0 Å². The molecule has 1 fully saturated rings. The number of anilines is 3. The molecule has 1 aliphatic rings. The van der Waals surface area contributed by atoms with Crippen LogP contribution in [0.5, 0.6) is 0 Å². The molecule has 0 saturated carbocycles. The van der Waals surface area contributed by atoms with Gasteiger partial charge in [0.05, 0.1) is 6.20 Å². The highest BCUT2D eigenvalue weighted by Crippen LogP contribution is 2.24. The Bertz CT molecular complexity index is 1020. The molecule has 1 saturated heterocycles. The fourth-order valence-corrected chi connectivity index (χ4v) is 3.27. The van der Waals surface area contributed by atoms with Gasteiger partial charge in [-0.15, -0.1) is 0 Å². The summed E-state index contributed by atoms with van der Waals surface area (Å²) < 4.78 is 1.88. The van der Waals surface area contributed by atoms with Crippen molar-refractivity contribution >= 4 is 40.9 Å². The lowest BCUT2D eigenvalue weighted by atomic mass is 10.1. The quantitative estimate of drug-likeness (QED) is 0.609. The van der Waals surface area contributed by atoms with Gasteiger partial charge in [0, 0.05) is 37.1 Å². The van der Waals surface area contributed by atoms with E-state index >= 15 is 0 Å². The average molecular weight is 403 g/mol. The lowest BCUT2D eigenvalue weighted by molar-refractivity contribution is 0.134. The fourth-order valence-electron chi connectivity index (χ4n) is 3.12. The van der Waals surface area contributed by atoms with Crippen molar-refractivity contribution in [3.63, 3.8) is 0 Å². The number of imidazole rings is 1. The van der Waals surface area contributed by atoms with E-state index in [0.717, 1.165) is 11.3 Å². The number of carboxylic acid groups (broad SMARTS) is 1. The van der Waals surface area contributed by atoms with Gasteiger partial charge >= 0.3 is 6.09 Å². The van der Waals surface area contributed by atoms with E-state index in [1.807, 2.05) is 11.3 Å². The van der Waals surface area contributed by atoms with Crippen molar-refractivity contribution in [3.05, 3.63) is 35.5 Å². The number of hydrogen-bond donors (Lipinski definition) is 3. The molecule has 0 atom stereocenters. The molecule has 1 amide bonds. The highest BCUT2D eigenvalue weighted by atomic mass is 35.5. The summed E-state index contributed by atoms with van der Waals surface area (Å²) in [4.78, 5) is 29.7. The first-order chi connectivity index (χ1) is 13.5. The number of nitrogens with zero attached hydrogens (tertiary/aromatic N) is 6. The molecule has 0 aliphatic carbocycles. The van der Waals surface area contributed by atoms with E-state index in [2.05, 4.69) is 30.6 Å². The molecule has 4 rings (SSSR count). The third-order valence-electron chi connectivity index (χ3n) is 4.68. The number of rotatable bonds is 4. The van der Waals surface area contributed by atoms with E-state index in [1.54, 1.807) is 18.6 Å². The second kappa shape index (κ2) is 7.47. The van der Waals surface area contributed by atoms with Crippen LogP contribution in [0.25, 0.3) is 5.65 Å². The van der Waals surface area contributed by atoms with E-state index in [1.165, 1.54) is 11.1 Å². The van der Waals surface area contributed by atoms with Gasteiger partial charge in [-0.2, -0.15) is 4.98 Å². The zero-order valence-electron chi connectivity index (χ0n) is 15.1. The highest BCUT2D eigenvalue weighted by Gasteiger charge is 2.23. The predicted octanol–water partition coefficient (Wildman–Crippen LogP) is 2.78. The Hall–Kier alpha value is -3.14. The first-order valence-corrected chi connectivity index (χ1v) is 9.21. The van der Waals surface area contributed by atoms with Crippen LogP contribution < -0.4 is 10.6 Å². The topological polar surface area (TPSA) is 121 Å². The molecular weight excluding hydrogens is 384 g/mol. The Morgan fingerprint density at radius 1 is 1.25 bits per heavy atom. The van der Waals surface area contributed by atoms with Crippen LogP contribution in [0.1, 0.15) is 18.5 Å². The van der Waals surface area contributed by atoms with Crippen molar-refractivity contribution in [2.45, 2.75) is 25.8 Å². The number of amides is 1. The normalized spacial score (nSPS) is 15.0. The molecule has 11 heteroatoms. The van der Waals surface area contributed by atoms with Crippen molar-refractivity contribution in [1.29, 1.82) is 0 Å². The molecule has 0 unspecified atom stereocenters. The predicted molar refractivity (Wildman–Crippen MR) is 104 cm³/mol. The Morgan fingerprint density at radius 3 is 2.79 bits per heavy atom. The summed E-state index contributed by atoms with van der Waals surface area (Å²) in [5.74, 6) is 1.43. The minimum absolute atomic E-state index is 0.0956. The number of piperidine rings is 1. The van der Waals surface area contributed by atoms with Gasteiger partial charge in [-0.1, -0.05) is 11.6 Å². The molecule has 1 aliphatic heterocycles. The lowest BCUT2D eigenvalue weighted by Gasteiger charge is -2.30. The number of fused-ring (bicyclic) bond motifs is 1. The summed E-state index contributed by atoms with van der Waals surface area (Å²) in [5, 5.41) is 15.8. The summed E-state index contributed by atoms with van der Waals surface area (Å²) in [5.41, 5.74) is 1.77. The highest BCUT2D eigenvalue weighted by molar-refractivity contribution is 6.32. The molecule has 4 heterocycles. The maximum atomic E-state index is 11.0. The number of aromatic nitrogens is 5. The summed E-state index contributed by atoms with van der Waals surface area (Å²) in [6, 6.07) is 1.90. The van der Waals surface area contributed by atoms with Gasteiger partial charge in [-0.05, 0) is 19.8 Å². The molecule has 0 aromatic carbocycles. The molecule has 3 aromatic heterocycles. The molecule has 10 nitrogen and oxygen atoms in total. The van der Waals surface area contributed by atoms with E-state index in [9.17, 15) is 4.79 Å². The minimum Gasteiger partial charge on any atom is -0.465 e. The molecular formula is C17H19ClN8O2. The van der Waals surface area contributed by atoms with Crippen molar-refractivity contribution in [3.8, 4) is 0 Å². The van der Waals surface area contributed by atoms with Gasteiger partial charge in [0.15, 0.2) is 5.82 Å². The lowest BCUT2D eigenvalue weighted by Crippen LogP contribution is -2.41. The number of likely N-dealkylation sites (tertiary alicyclic amines) is 1. The fraction of sp³-hybridized carbons (Fsp3) is 0.353. The van der Waals surface area contributed by atoms with Crippen LogP contribution in [0.4, 0.5) is 22.4 Å². The van der Waals surface area contributed by atoms with E-state index in [-0.39, 0.29) is 6.04 Å². The number of aryl methyl sites for hydroxylation is 1. The van der Waals surface area contributed by atoms with E-state index in [4.69, 9.17) is 16.7 Å². The number of halogens is 1.